The van der Waals surface area contributed by atoms with E-state index in [4.69, 9.17) is 4.98 Å². The number of pyridine rings is 1. The molecule has 0 spiro atoms. The molecule has 6 aromatic carbocycles. The second kappa shape index (κ2) is 13.6. The zero-order valence-electron chi connectivity index (χ0n) is 33.6. The molecule has 8 aromatic rings. The van der Waals surface area contributed by atoms with Crippen LogP contribution in [0.2, 0.25) is 0 Å². The number of aryl methyl sites for hydroxylation is 1. The van der Waals surface area contributed by atoms with Crippen LogP contribution in [0.15, 0.2) is 158 Å². The molecule has 0 bridgehead atoms. The van der Waals surface area contributed by atoms with Crippen LogP contribution in [0.1, 0.15) is 58.2 Å². The summed E-state index contributed by atoms with van der Waals surface area (Å²) in [6.07, 6.45) is 1.96. The molecule has 0 atom stereocenters. The molecule has 276 valence electrons. The molecule has 0 saturated carbocycles. The first kappa shape index (κ1) is 35.6. The van der Waals surface area contributed by atoms with Gasteiger partial charge in [-0.3, -0.25) is 4.57 Å². The Morgan fingerprint density at radius 2 is 1.16 bits per heavy atom. The molecule has 0 fully saturated rings. The van der Waals surface area contributed by atoms with Crippen molar-refractivity contribution in [2.24, 2.45) is 0 Å². The summed E-state index contributed by atoms with van der Waals surface area (Å²) in [4.78, 5) is 9.89. The first-order chi connectivity index (χ1) is 27.0. The van der Waals surface area contributed by atoms with Crippen molar-refractivity contribution in [2.75, 3.05) is 16.5 Å². The van der Waals surface area contributed by atoms with Gasteiger partial charge in [-0.1, -0.05) is 149 Å². The number of fused-ring (bicyclic) bond motifs is 4. The number of para-hydroxylation sites is 3. The van der Waals surface area contributed by atoms with Crippen LogP contribution in [0, 0.1) is 6.92 Å². The quantitative estimate of drug-likeness (QED) is 0.159. The molecule has 0 N–H and O–H groups in total. The van der Waals surface area contributed by atoms with Gasteiger partial charge in [0.2, 0.25) is 6.71 Å². The van der Waals surface area contributed by atoms with Gasteiger partial charge in [0.15, 0.2) is 0 Å². The Morgan fingerprint density at radius 3 is 1.89 bits per heavy atom. The Hall–Kier alpha value is -6.07. The number of rotatable bonds is 6. The van der Waals surface area contributed by atoms with Gasteiger partial charge in [-0.25, -0.2) is 4.98 Å². The lowest BCUT2D eigenvalue weighted by Gasteiger charge is -2.27. The van der Waals surface area contributed by atoms with E-state index in [1.165, 1.54) is 66.6 Å². The van der Waals surface area contributed by atoms with Gasteiger partial charge in [-0.15, -0.1) is 0 Å². The molecule has 4 nitrogen and oxygen atoms in total. The average Bonchev–Trinajstić information content (AvgIpc) is 3.74. The molecule has 0 amide bonds. The highest BCUT2D eigenvalue weighted by Crippen LogP contribution is 2.45. The van der Waals surface area contributed by atoms with E-state index in [2.05, 4.69) is 214 Å². The highest BCUT2D eigenvalue weighted by Gasteiger charge is 2.31. The highest BCUT2D eigenvalue weighted by molar-refractivity contribution is 6.95. The lowest BCUT2D eigenvalue weighted by atomic mass is 9.37. The van der Waals surface area contributed by atoms with Gasteiger partial charge in [0.05, 0.1) is 22.4 Å². The number of nitrogens with zero attached hydrogens (tertiary/aromatic N) is 4. The molecule has 5 heteroatoms. The lowest BCUT2D eigenvalue weighted by Crippen LogP contribution is -2.52. The Kier molecular flexibility index (Phi) is 8.65. The molecular formula is C51H49BN4. The molecule has 56 heavy (non-hydrogen) atoms. The summed E-state index contributed by atoms with van der Waals surface area (Å²) in [5, 5.41) is 2.46. The number of anilines is 4. The summed E-state index contributed by atoms with van der Waals surface area (Å²) in [6, 6.07) is 56.1. The summed E-state index contributed by atoms with van der Waals surface area (Å²) in [6.45, 7) is 16.7. The zero-order chi connectivity index (χ0) is 38.8. The molecule has 9 rings (SSSR count). The van der Waals surface area contributed by atoms with Gasteiger partial charge >= 0.3 is 0 Å². The summed E-state index contributed by atoms with van der Waals surface area (Å²) >= 11 is 0. The lowest BCUT2D eigenvalue weighted by molar-refractivity contribution is 0.586. The third kappa shape index (κ3) is 6.25. The Morgan fingerprint density at radius 1 is 0.518 bits per heavy atom. The van der Waals surface area contributed by atoms with E-state index in [9.17, 15) is 0 Å². The summed E-state index contributed by atoms with van der Waals surface area (Å²) in [7, 11) is 0. The third-order valence-corrected chi connectivity index (χ3v) is 11.6. The minimum Gasteiger partial charge on any atom is -0.321 e. The average molecular weight is 729 g/mol. The van der Waals surface area contributed by atoms with Crippen molar-refractivity contribution in [2.45, 2.75) is 59.3 Å². The van der Waals surface area contributed by atoms with Crippen LogP contribution in [0.4, 0.5) is 22.7 Å². The predicted octanol–water partition coefficient (Wildman–Crippen LogP) is 10.8. The van der Waals surface area contributed by atoms with Crippen molar-refractivity contribution in [3.8, 4) is 5.82 Å². The van der Waals surface area contributed by atoms with E-state index in [-0.39, 0.29) is 17.5 Å². The fourth-order valence-corrected chi connectivity index (χ4v) is 8.76. The van der Waals surface area contributed by atoms with Gasteiger partial charge in [-0.2, -0.15) is 0 Å². The van der Waals surface area contributed by atoms with E-state index < -0.39 is 0 Å². The zero-order valence-corrected chi connectivity index (χ0v) is 33.6. The van der Waals surface area contributed by atoms with Crippen LogP contribution in [-0.2, 0) is 10.8 Å². The van der Waals surface area contributed by atoms with Gasteiger partial charge < -0.3 is 9.80 Å². The first-order valence-corrected chi connectivity index (χ1v) is 19.9. The number of hydrogen-bond acceptors (Lipinski definition) is 3. The molecule has 0 unspecified atom stereocenters. The van der Waals surface area contributed by atoms with Gasteiger partial charge in [0.25, 0.3) is 0 Å². The van der Waals surface area contributed by atoms with Crippen molar-refractivity contribution in [1.29, 1.82) is 0 Å². The molecular weight excluding hydrogens is 679 g/mol. The normalized spacial score (nSPS) is 13.1. The first-order valence-electron chi connectivity index (χ1n) is 19.9. The minimum atomic E-state index is 0.00736. The van der Waals surface area contributed by atoms with E-state index in [1.54, 1.807) is 0 Å². The van der Waals surface area contributed by atoms with E-state index in [0.29, 0.717) is 0 Å². The van der Waals surface area contributed by atoms with Crippen molar-refractivity contribution in [1.82, 2.24) is 9.55 Å². The topological polar surface area (TPSA) is 24.3 Å². The second-order valence-electron chi connectivity index (χ2n) is 17.5. The van der Waals surface area contributed by atoms with Crippen LogP contribution >= 0.6 is 0 Å². The van der Waals surface area contributed by atoms with Crippen molar-refractivity contribution < 1.29 is 0 Å². The largest absolute Gasteiger partial charge is 0.321 e. The maximum absolute atomic E-state index is 4.96. The molecule has 0 saturated heterocycles. The maximum atomic E-state index is 4.96. The smallest absolute Gasteiger partial charge is 0.241 e. The van der Waals surface area contributed by atoms with E-state index >= 15 is 0 Å². The summed E-state index contributed by atoms with van der Waals surface area (Å²) < 4.78 is 2.35. The number of hydrogen-bond donors (Lipinski definition) is 0. The van der Waals surface area contributed by atoms with Crippen LogP contribution < -0.4 is 26.2 Å². The minimum absolute atomic E-state index is 0.00736. The molecule has 1 aliphatic heterocycles. The Bertz CT molecular complexity index is 2730. The monoisotopic (exact) mass is 728 g/mol. The van der Waals surface area contributed by atoms with Crippen LogP contribution in [0.5, 0.6) is 0 Å². The standard InChI is InChI=1S/C51H49BN4/c1-35-24-26-41(33-44(35)51(5,6)7)55-34-54(46-22-13-14-23-47(46)55)40-19-15-18-38(31-40)52(37-16-9-8-10-17-37)39-25-27-43-42-20-11-12-21-45(42)56(48(43)32-39)49-30-36(28-29-53-49)50(2,3)4/h8-33H,34H2,1-7H3. The van der Waals surface area contributed by atoms with Gasteiger partial charge in [-0.05, 0) is 95.1 Å². The third-order valence-electron chi connectivity index (χ3n) is 11.6. The number of benzene rings is 6. The van der Waals surface area contributed by atoms with E-state index in [0.717, 1.165) is 23.5 Å². The molecule has 0 aliphatic carbocycles. The molecule has 0 radical (unpaired) electrons. The fourth-order valence-electron chi connectivity index (χ4n) is 8.76. The molecule has 1 aliphatic rings. The van der Waals surface area contributed by atoms with Gasteiger partial charge in [0.1, 0.15) is 12.5 Å². The molecule has 2 aromatic heterocycles. The second-order valence-corrected chi connectivity index (χ2v) is 17.5. The van der Waals surface area contributed by atoms with Crippen molar-refractivity contribution in [3.05, 3.63) is 175 Å². The van der Waals surface area contributed by atoms with Gasteiger partial charge in [0, 0.05) is 28.3 Å². The van der Waals surface area contributed by atoms with Crippen LogP contribution in [0.25, 0.3) is 27.6 Å². The Labute approximate surface area is 332 Å². The number of aromatic nitrogens is 2. The Balaban J connectivity index is 1.17. The predicted molar refractivity (Wildman–Crippen MR) is 240 cm³/mol. The molecule has 3 heterocycles. The van der Waals surface area contributed by atoms with E-state index in [1.807, 2.05) is 6.20 Å². The van der Waals surface area contributed by atoms with Crippen molar-refractivity contribution >= 4 is 67.7 Å². The van der Waals surface area contributed by atoms with Crippen LogP contribution in [-0.4, -0.2) is 22.9 Å². The van der Waals surface area contributed by atoms with Crippen molar-refractivity contribution in [3.63, 3.8) is 0 Å². The fraction of sp³-hybridized carbons (Fsp3) is 0.196. The summed E-state index contributed by atoms with van der Waals surface area (Å²) in [5.41, 5.74) is 15.0. The highest BCUT2D eigenvalue weighted by atomic mass is 15.4. The summed E-state index contributed by atoms with van der Waals surface area (Å²) in [5.74, 6) is 0.944. The maximum Gasteiger partial charge on any atom is 0.241 e. The van der Waals surface area contributed by atoms with Crippen LogP contribution in [0.3, 0.4) is 0 Å². The SMILES string of the molecule is Cc1ccc(N2CN(c3cccc(B(c4ccccc4)c4ccc5c6ccccc6n(-c6cc(C(C)(C)C)ccn6)c5c4)c3)c3ccccc32)cc1C(C)(C)C.